The van der Waals surface area contributed by atoms with Gasteiger partial charge in [0.2, 0.25) is 0 Å². The van der Waals surface area contributed by atoms with Gasteiger partial charge in [-0.1, -0.05) is 70.8 Å². The van der Waals surface area contributed by atoms with Gasteiger partial charge in [0.15, 0.2) is 0 Å². The van der Waals surface area contributed by atoms with E-state index in [0.717, 1.165) is 18.9 Å². The van der Waals surface area contributed by atoms with Crippen molar-refractivity contribution in [2.45, 2.75) is 71.1 Å². The quantitative estimate of drug-likeness (QED) is 0.0431. The molecule has 0 heterocycles. The van der Waals surface area contributed by atoms with Crippen molar-refractivity contribution >= 4 is 23.9 Å². The lowest BCUT2D eigenvalue weighted by Gasteiger charge is -2.09. The molecule has 0 radical (unpaired) electrons. The molecule has 0 amide bonds. The third-order valence-electron chi connectivity index (χ3n) is 8.89. The van der Waals surface area contributed by atoms with Crippen LogP contribution in [0.2, 0.25) is 0 Å². The van der Waals surface area contributed by atoms with Gasteiger partial charge in [-0.2, -0.15) is 0 Å². The molecule has 58 heavy (non-hydrogen) atoms. The highest BCUT2D eigenvalue weighted by Gasteiger charge is 2.22. The Hall–Kier alpha value is -6.43. The molecule has 0 bridgehead atoms. The molecular weight excluding hydrogens is 753 g/mol. The van der Waals surface area contributed by atoms with E-state index in [9.17, 15) is 32.3 Å². The second kappa shape index (κ2) is 21.8. The first-order valence-corrected chi connectivity index (χ1v) is 19.2. The normalized spacial score (nSPS) is 10.8. The van der Waals surface area contributed by atoms with E-state index >= 15 is 0 Å². The van der Waals surface area contributed by atoms with Crippen LogP contribution in [-0.2, 0) is 0 Å². The molecule has 0 aliphatic rings. The van der Waals surface area contributed by atoms with Crippen LogP contribution in [0.5, 0.6) is 28.7 Å². The molecule has 0 saturated carbocycles. The Labute approximate surface area is 334 Å². The van der Waals surface area contributed by atoms with Crippen LogP contribution >= 0.6 is 0 Å². The summed E-state index contributed by atoms with van der Waals surface area (Å²) >= 11 is 0. The molecule has 5 aromatic carbocycles. The van der Waals surface area contributed by atoms with Crippen molar-refractivity contribution in [3.05, 3.63) is 149 Å². The van der Waals surface area contributed by atoms with Crippen LogP contribution in [0, 0.1) is 17.5 Å². The van der Waals surface area contributed by atoms with Crippen LogP contribution in [0.1, 0.15) is 113 Å². The second-order valence-electron chi connectivity index (χ2n) is 13.4. The second-order valence-corrected chi connectivity index (χ2v) is 13.4. The van der Waals surface area contributed by atoms with E-state index in [0.29, 0.717) is 30.2 Å². The summed E-state index contributed by atoms with van der Waals surface area (Å²) in [5.41, 5.74) is -0.790. The molecule has 5 rings (SSSR count). The van der Waals surface area contributed by atoms with Gasteiger partial charge >= 0.3 is 23.9 Å². The summed E-state index contributed by atoms with van der Waals surface area (Å²) in [5.74, 6) is -6.64. The molecule has 0 spiro atoms. The number of benzene rings is 5. The van der Waals surface area contributed by atoms with Crippen molar-refractivity contribution < 1.29 is 56.0 Å². The fraction of sp³-hybridized carbons (Fsp3) is 0.261. The minimum absolute atomic E-state index is 0.0637. The molecule has 0 N–H and O–H groups in total. The predicted octanol–water partition coefficient (Wildman–Crippen LogP) is 11.3. The van der Waals surface area contributed by atoms with E-state index in [-0.39, 0.29) is 33.9 Å². The van der Waals surface area contributed by atoms with Crippen LogP contribution in [0.4, 0.5) is 13.2 Å². The van der Waals surface area contributed by atoms with Crippen LogP contribution in [0.15, 0.2) is 109 Å². The molecule has 0 aromatic heterocycles. The molecular formula is C46H43F3O9. The molecule has 0 saturated heterocycles. The first kappa shape index (κ1) is 42.7. The highest BCUT2D eigenvalue weighted by atomic mass is 19.1. The van der Waals surface area contributed by atoms with E-state index in [1.807, 2.05) is 0 Å². The molecule has 9 nitrogen and oxygen atoms in total. The summed E-state index contributed by atoms with van der Waals surface area (Å²) in [5, 5.41) is 0. The number of hydrogen-bond acceptors (Lipinski definition) is 9. The van der Waals surface area contributed by atoms with Crippen molar-refractivity contribution in [3.8, 4) is 28.7 Å². The van der Waals surface area contributed by atoms with Crippen molar-refractivity contribution in [1.29, 1.82) is 0 Å². The first-order chi connectivity index (χ1) is 28.1. The minimum atomic E-state index is -1.45. The Morgan fingerprint density at radius 2 is 0.845 bits per heavy atom. The van der Waals surface area contributed by atoms with Crippen LogP contribution < -0.4 is 23.7 Å². The lowest BCUT2D eigenvalue weighted by molar-refractivity contribution is 0.0707. The lowest BCUT2D eigenvalue weighted by atomic mass is 10.1. The van der Waals surface area contributed by atoms with Crippen LogP contribution in [0.3, 0.4) is 0 Å². The average molecular weight is 797 g/mol. The van der Waals surface area contributed by atoms with E-state index in [4.69, 9.17) is 23.7 Å². The van der Waals surface area contributed by atoms with Gasteiger partial charge in [0.25, 0.3) is 0 Å². The molecule has 0 fully saturated rings. The van der Waals surface area contributed by atoms with E-state index in [1.165, 1.54) is 118 Å². The Bertz CT molecular complexity index is 2130. The Kier molecular flexibility index (Phi) is 16.0. The van der Waals surface area contributed by atoms with Crippen molar-refractivity contribution in [2.24, 2.45) is 0 Å². The SMILES string of the molecule is CCCCCCCCCCCCOc1ccc(OC(=O)c2ccc(OC(=O)c3ccc(OC(=O)c4cccc(OC(=O)c5c(F)cc(F)cc5F)c4)cc3)cc2)cc1. The number of esters is 4. The number of ether oxygens (including phenoxy) is 5. The van der Waals surface area contributed by atoms with Crippen LogP contribution in [-0.4, -0.2) is 30.5 Å². The van der Waals surface area contributed by atoms with E-state index < -0.39 is 46.9 Å². The van der Waals surface area contributed by atoms with E-state index in [1.54, 1.807) is 24.3 Å². The van der Waals surface area contributed by atoms with Crippen molar-refractivity contribution in [1.82, 2.24) is 0 Å². The first-order valence-electron chi connectivity index (χ1n) is 19.2. The molecule has 302 valence electrons. The Morgan fingerprint density at radius 1 is 0.431 bits per heavy atom. The maximum absolute atomic E-state index is 14.0. The highest BCUT2D eigenvalue weighted by Crippen LogP contribution is 2.24. The third kappa shape index (κ3) is 13.1. The van der Waals surface area contributed by atoms with Crippen molar-refractivity contribution in [3.63, 3.8) is 0 Å². The monoisotopic (exact) mass is 796 g/mol. The fourth-order valence-electron chi connectivity index (χ4n) is 5.78. The zero-order valence-corrected chi connectivity index (χ0v) is 32.0. The van der Waals surface area contributed by atoms with Crippen LogP contribution in [0.25, 0.3) is 0 Å². The summed E-state index contributed by atoms with van der Waals surface area (Å²) in [6.07, 6.45) is 12.5. The molecule has 0 unspecified atom stereocenters. The number of carbonyl (C=O) groups excluding carboxylic acids is 4. The standard InChI is InChI=1S/C46H43F3O9/c1-2-3-4-5-6-7-8-9-10-11-27-54-35-23-25-38(26-24-35)56-44(51)32-15-19-36(20-16-32)55-43(50)31-17-21-37(22-18-31)57-45(52)33-13-12-14-39(28-33)58-46(53)42-40(48)29-34(47)30-41(42)49/h12-26,28-30H,2-11,27H2,1H3. The van der Waals surface area contributed by atoms with Gasteiger partial charge in [-0.25, -0.2) is 32.3 Å². The summed E-state index contributed by atoms with van der Waals surface area (Å²) < 4.78 is 68.2. The lowest BCUT2D eigenvalue weighted by Crippen LogP contribution is -2.14. The number of hydrogen-bond donors (Lipinski definition) is 0. The zero-order valence-electron chi connectivity index (χ0n) is 32.0. The smallest absolute Gasteiger partial charge is 0.349 e. The molecule has 5 aromatic rings. The summed E-state index contributed by atoms with van der Waals surface area (Å²) in [7, 11) is 0. The summed E-state index contributed by atoms with van der Waals surface area (Å²) in [6, 6.07) is 23.9. The van der Waals surface area contributed by atoms with Gasteiger partial charge in [-0.3, -0.25) is 0 Å². The largest absolute Gasteiger partial charge is 0.494 e. The maximum Gasteiger partial charge on any atom is 0.349 e. The molecule has 12 heteroatoms. The molecule has 0 aliphatic heterocycles. The topological polar surface area (TPSA) is 114 Å². The minimum Gasteiger partial charge on any atom is -0.494 e. The predicted molar refractivity (Wildman–Crippen MR) is 209 cm³/mol. The number of carbonyl (C=O) groups is 4. The van der Waals surface area contributed by atoms with Gasteiger partial charge in [0.05, 0.1) is 23.3 Å². The van der Waals surface area contributed by atoms with Gasteiger partial charge in [0.1, 0.15) is 51.8 Å². The highest BCUT2D eigenvalue weighted by molar-refractivity contribution is 5.95. The summed E-state index contributed by atoms with van der Waals surface area (Å²) in [6.45, 7) is 2.86. The maximum atomic E-state index is 14.0. The van der Waals surface area contributed by atoms with Gasteiger partial charge in [0, 0.05) is 12.1 Å². The zero-order chi connectivity index (χ0) is 41.3. The number of rotatable bonds is 20. The van der Waals surface area contributed by atoms with Gasteiger partial charge in [-0.15, -0.1) is 0 Å². The van der Waals surface area contributed by atoms with Crippen molar-refractivity contribution in [2.75, 3.05) is 6.61 Å². The van der Waals surface area contributed by atoms with E-state index in [2.05, 4.69) is 6.92 Å². The average Bonchev–Trinajstić information content (AvgIpc) is 3.20. The number of halogens is 3. The molecule has 0 aliphatic carbocycles. The fourth-order valence-corrected chi connectivity index (χ4v) is 5.78. The number of unbranched alkanes of at least 4 members (excludes halogenated alkanes) is 9. The van der Waals surface area contributed by atoms with Gasteiger partial charge in [-0.05, 0) is 97.4 Å². The third-order valence-corrected chi connectivity index (χ3v) is 8.89. The Balaban J connectivity index is 1.03. The summed E-state index contributed by atoms with van der Waals surface area (Å²) in [4.78, 5) is 50.6. The molecule has 0 atom stereocenters. The Morgan fingerprint density at radius 3 is 1.34 bits per heavy atom. The van der Waals surface area contributed by atoms with Gasteiger partial charge < -0.3 is 23.7 Å².